The molecule has 0 aromatic rings. The minimum atomic E-state index is -0.534. The molecule has 0 saturated carbocycles. The van der Waals surface area contributed by atoms with Gasteiger partial charge in [0.15, 0.2) is 5.78 Å². The Morgan fingerprint density at radius 2 is 2.24 bits per heavy atom. The van der Waals surface area contributed by atoms with Crippen molar-refractivity contribution < 1.29 is 18.7 Å². The molecule has 5 nitrogen and oxygen atoms in total. The third-order valence-electron chi connectivity index (χ3n) is 3.91. The molecule has 1 fully saturated rings. The molecular weight excluding hydrogens is 343 g/mol. The molecule has 2 aliphatic rings. The number of nitrogens with zero attached hydrogens (tertiary/aromatic N) is 2. The van der Waals surface area contributed by atoms with Crippen molar-refractivity contribution >= 4 is 27.7 Å². The first-order valence-electron chi connectivity index (χ1n) is 6.71. The Morgan fingerprint density at radius 1 is 1.52 bits per heavy atom. The van der Waals surface area contributed by atoms with E-state index in [-0.39, 0.29) is 34.7 Å². The van der Waals surface area contributed by atoms with Gasteiger partial charge in [-0.15, -0.1) is 0 Å². The van der Waals surface area contributed by atoms with Crippen molar-refractivity contribution in [2.75, 3.05) is 32.6 Å². The van der Waals surface area contributed by atoms with Crippen LogP contribution in [0.25, 0.3) is 0 Å². The average molecular weight is 361 g/mol. The number of esters is 1. The third-order valence-corrected chi connectivity index (χ3v) is 4.42. The highest BCUT2D eigenvalue weighted by atomic mass is 79.9. The molecule has 0 spiro atoms. The highest BCUT2D eigenvalue weighted by Gasteiger charge is 2.36. The van der Waals surface area contributed by atoms with Crippen LogP contribution in [0.4, 0.5) is 4.39 Å². The lowest BCUT2D eigenvalue weighted by atomic mass is 10.1. The number of Topliss-reactive ketones (excluding diaryl/α,β-unsaturated/α-hetero) is 1. The first-order valence-corrected chi connectivity index (χ1v) is 7.83. The summed E-state index contributed by atoms with van der Waals surface area (Å²) in [5.41, 5.74) is 0.0781. The summed E-state index contributed by atoms with van der Waals surface area (Å²) in [6.07, 6.45) is 3.73. The zero-order valence-corrected chi connectivity index (χ0v) is 13.6. The van der Waals surface area contributed by atoms with Gasteiger partial charge in [-0.2, -0.15) is 4.39 Å². The number of ether oxygens (including phenoxy) is 1. The van der Waals surface area contributed by atoms with E-state index in [1.807, 2.05) is 4.90 Å². The lowest BCUT2D eigenvalue weighted by Crippen LogP contribution is -2.45. The van der Waals surface area contributed by atoms with Crippen molar-refractivity contribution in [1.82, 2.24) is 9.80 Å². The standard InChI is InChI=1S/C14H18BrFN2O3/c1-17-12(4-3-10(13(17)16)11(19)7-15)18-6-5-9(8-18)14(20)21-2/h3-4,9,12H,5-8H2,1-2H3/t9-,12?/m0/s1. The highest BCUT2D eigenvalue weighted by Crippen LogP contribution is 2.28. The Bertz CT molecular complexity index is 506. The van der Waals surface area contributed by atoms with Gasteiger partial charge in [0.05, 0.1) is 23.9 Å². The largest absolute Gasteiger partial charge is 0.469 e. The van der Waals surface area contributed by atoms with E-state index in [0.29, 0.717) is 19.5 Å². The number of hydrogen-bond acceptors (Lipinski definition) is 5. The molecule has 2 aliphatic heterocycles. The number of likely N-dealkylation sites (tertiary alicyclic amines) is 1. The van der Waals surface area contributed by atoms with Gasteiger partial charge in [0, 0.05) is 20.1 Å². The molecule has 0 aromatic heterocycles. The summed E-state index contributed by atoms with van der Waals surface area (Å²) >= 11 is 3.05. The quantitative estimate of drug-likeness (QED) is 0.431. The number of likely N-dealkylation sites (N-methyl/N-ethyl adjacent to an activating group) is 1. The summed E-state index contributed by atoms with van der Waals surface area (Å²) in [5, 5.41) is 0.0900. The van der Waals surface area contributed by atoms with Crippen LogP contribution in [0.5, 0.6) is 0 Å². The zero-order valence-electron chi connectivity index (χ0n) is 12.0. The Labute approximate surface area is 131 Å². The minimum Gasteiger partial charge on any atom is -0.469 e. The number of hydrogen-bond donors (Lipinski definition) is 0. The lowest BCUT2D eigenvalue weighted by molar-refractivity contribution is -0.145. The molecule has 1 saturated heterocycles. The maximum Gasteiger partial charge on any atom is 0.310 e. The maximum atomic E-state index is 14.3. The number of carbonyl (C=O) groups excluding carboxylic acids is 2. The predicted molar refractivity (Wildman–Crippen MR) is 79.3 cm³/mol. The second-order valence-electron chi connectivity index (χ2n) is 5.15. The molecule has 0 bridgehead atoms. The van der Waals surface area contributed by atoms with Gasteiger partial charge >= 0.3 is 5.97 Å². The molecule has 116 valence electrons. The van der Waals surface area contributed by atoms with E-state index in [2.05, 4.69) is 15.9 Å². The van der Waals surface area contributed by atoms with Gasteiger partial charge in [-0.1, -0.05) is 15.9 Å². The number of alkyl halides is 1. The summed E-state index contributed by atoms with van der Waals surface area (Å²) < 4.78 is 19.0. The minimum absolute atomic E-state index is 0.0781. The van der Waals surface area contributed by atoms with Crippen molar-refractivity contribution in [1.29, 1.82) is 0 Å². The Balaban J connectivity index is 2.08. The van der Waals surface area contributed by atoms with Crippen molar-refractivity contribution in [3.05, 3.63) is 23.7 Å². The SMILES string of the molecule is COC(=O)[C@H]1CCN(C2C=CC(C(=O)CBr)=C(F)N2C)C1. The van der Waals surface area contributed by atoms with Crippen LogP contribution in [0.3, 0.4) is 0 Å². The third kappa shape index (κ3) is 3.18. The first-order chi connectivity index (χ1) is 9.99. The number of methoxy groups -OCH3 is 1. The number of halogens is 2. The molecule has 0 amide bonds. The Morgan fingerprint density at radius 3 is 2.86 bits per heavy atom. The van der Waals surface area contributed by atoms with Gasteiger partial charge in [-0.25, -0.2) is 0 Å². The van der Waals surface area contributed by atoms with Crippen LogP contribution in [-0.2, 0) is 14.3 Å². The van der Waals surface area contributed by atoms with Crippen molar-refractivity contribution in [3.8, 4) is 0 Å². The summed E-state index contributed by atoms with van der Waals surface area (Å²) in [6, 6.07) is 0. The molecule has 2 rings (SSSR count). The molecule has 2 atom stereocenters. The van der Waals surface area contributed by atoms with Crippen LogP contribution >= 0.6 is 15.9 Å². The van der Waals surface area contributed by atoms with Gasteiger partial charge < -0.3 is 9.64 Å². The molecule has 0 aliphatic carbocycles. The molecule has 21 heavy (non-hydrogen) atoms. The van der Waals surface area contributed by atoms with Crippen molar-refractivity contribution in [2.45, 2.75) is 12.6 Å². The van der Waals surface area contributed by atoms with E-state index in [4.69, 9.17) is 4.74 Å². The van der Waals surface area contributed by atoms with E-state index in [1.54, 1.807) is 13.1 Å². The summed E-state index contributed by atoms with van der Waals surface area (Å²) in [6.45, 7) is 1.22. The zero-order chi connectivity index (χ0) is 15.6. The van der Waals surface area contributed by atoms with E-state index in [1.165, 1.54) is 18.1 Å². The van der Waals surface area contributed by atoms with Crippen molar-refractivity contribution in [3.63, 3.8) is 0 Å². The predicted octanol–water partition coefficient (Wildman–Crippen LogP) is 1.45. The van der Waals surface area contributed by atoms with E-state index in [9.17, 15) is 14.0 Å². The number of rotatable bonds is 4. The van der Waals surface area contributed by atoms with E-state index in [0.717, 1.165) is 0 Å². The van der Waals surface area contributed by atoms with Crippen LogP contribution < -0.4 is 0 Å². The molecule has 2 heterocycles. The van der Waals surface area contributed by atoms with E-state index >= 15 is 0 Å². The van der Waals surface area contributed by atoms with Gasteiger partial charge in [-0.3, -0.25) is 14.5 Å². The highest BCUT2D eigenvalue weighted by molar-refractivity contribution is 9.09. The summed E-state index contributed by atoms with van der Waals surface area (Å²) in [5.74, 6) is -1.23. The number of allylic oxidation sites excluding steroid dienone is 2. The molecule has 0 aromatic carbocycles. The Hall–Kier alpha value is -1.21. The molecule has 7 heteroatoms. The second-order valence-corrected chi connectivity index (χ2v) is 5.71. The lowest BCUT2D eigenvalue weighted by Gasteiger charge is -2.36. The fourth-order valence-electron chi connectivity index (χ4n) is 2.72. The van der Waals surface area contributed by atoms with Crippen molar-refractivity contribution in [2.24, 2.45) is 5.92 Å². The average Bonchev–Trinajstić information content (AvgIpc) is 2.98. The fourth-order valence-corrected chi connectivity index (χ4v) is 3.02. The Kier molecular flexibility index (Phi) is 5.16. The van der Waals surface area contributed by atoms with Gasteiger partial charge in [-0.05, 0) is 18.6 Å². The summed E-state index contributed by atoms with van der Waals surface area (Å²) in [4.78, 5) is 26.6. The normalized spacial score (nSPS) is 26.4. The van der Waals surface area contributed by atoms with Crippen LogP contribution in [-0.4, -0.2) is 60.3 Å². The van der Waals surface area contributed by atoms with Gasteiger partial charge in [0.25, 0.3) is 0 Å². The second kappa shape index (κ2) is 6.70. The smallest absolute Gasteiger partial charge is 0.310 e. The maximum absolute atomic E-state index is 14.3. The molecular formula is C14H18BrFN2O3. The number of carbonyl (C=O) groups is 2. The van der Waals surface area contributed by atoms with Crippen LogP contribution in [0.2, 0.25) is 0 Å². The summed E-state index contributed by atoms with van der Waals surface area (Å²) in [7, 11) is 2.98. The number of ketones is 1. The van der Waals surface area contributed by atoms with Crippen LogP contribution in [0, 0.1) is 5.92 Å². The topological polar surface area (TPSA) is 49.9 Å². The molecule has 0 N–H and O–H groups in total. The van der Waals surface area contributed by atoms with Gasteiger partial charge in [0.2, 0.25) is 5.95 Å². The molecule has 0 radical (unpaired) electrons. The fraction of sp³-hybridized carbons (Fsp3) is 0.571. The first kappa shape index (κ1) is 16.2. The van der Waals surface area contributed by atoms with Gasteiger partial charge in [0.1, 0.15) is 6.17 Å². The monoisotopic (exact) mass is 360 g/mol. The van der Waals surface area contributed by atoms with E-state index < -0.39 is 5.95 Å². The van der Waals surface area contributed by atoms with Crippen LogP contribution in [0.15, 0.2) is 23.7 Å². The van der Waals surface area contributed by atoms with Crippen LogP contribution in [0.1, 0.15) is 6.42 Å². The molecule has 1 unspecified atom stereocenters.